The Morgan fingerprint density at radius 2 is 1.93 bits per heavy atom. The number of aromatic nitrogens is 2. The van der Waals surface area contributed by atoms with Gasteiger partial charge in [0.05, 0.1) is 5.69 Å². The van der Waals surface area contributed by atoms with E-state index in [1.807, 2.05) is 13.8 Å². The Hall–Kier alpha value is -2.09. The molecule has 0 spiro atoms. The Labute approximate surface area is 164 Å². The van der Waals surface area contributed by atoms with Crippen molar-refractivity contribution in [3.8, 4) is 0 Å². The number of nitrogens with one attached hydrogen (secondary N) is 2. The van der Waals surface area contributed by atoms with Crippen molar-refractivity contribution in [3.05, 3.63) is 16.4 Å². The van der Waals surface area contributed by atoms with Crippen LogP contribution in [0.15, 0.2) is 0 Å². The van der Waals surface area contributed by atoms with Gasteiger partial charge in [-0.05, 0) is 25.7 Å². The second-order valence-corrected chi connectivity index (χ2v) is 7.62. The highest BCUT2D eigenvalue weighted by molar-refractivity contribution is 6.32. The SMILES string of the molecule is Cc1nn(CC(C)C)c(Cl)c1C(=O)OCC(=O)NC(=O)NC1CCCCC1. The number of esters is 1. The Morgan fingerprint density at radius 3 is 2.56 bits per heavy atom. The summed E-state index contributed by atoms with van der Waals surface area (Å²) in [7, 11) is 0. The normalized spacial score (nSPS) is 14.9. The molecular weight excluding hydrogens is 372 g/mol. The number of hydrogen-bond donors (Lipinski definition) is 2. The molecule has 1 fully saturated rings. The van der Waals surface area contributed by atoms with Gasteiger partial charge < -0.3 is 10.1 Å². The summed E-state index contributed by atoms with van der Waals surface area (Å²) in [4.78, 5) is 35.9. The minimum atomic E-state index is -0.740. The van der Waals surface area contributed by atoms with Gasteiger partial charge in [-0.25, -0.2) is 9.59 Å². The zero-order valence-electron chi connectivity index (χ0n) is 16.0. The molecule has 0 saturated heterocycles. The van der Waals surface area contributed by atoms with Crippen LogP contribution in [0.2, 0.25) is 5.15 Å². The van der Waals surface area contributed by atoms with Crippen molar-refractivity contribution in [2.45, 2.75) is 65.5 Å². The van der Waals surface area contributed by atoms with E-state index in [0.717, 1.165) is 25.7 Å². The number of halogens is 1. The summed E-state index contributed by atoms with van der Waals surface area (Å²) in [6, 6.07) is -0.482. The summed E-state index contributed by atoms with van der Waals surface area (Å²) in [5.41, 5.74) is 0.567. The number of nitrogens with zero attached hydrogens (tertiary/aromatic N) is 2. The van der Waals surface area contributed by atoms with Crippen LogP contribution >= 0.6 is 11.6 Å². The van der Waals surface area contributed by atoms with Crippen LogP contribution in [0.3, 0.4) is 0 Å². The third-order valence-electron chi connectivity index (χ3n) is 4.34. The second-order valence-electron chi connectivity index (χ2n) is 7.26. The van der Waals surface area contributed by atoms with Gasteiger partial charge in [0.15, 0.2) is 6.61 Å². The average molecular weight is 399 g/mol. The maximum absolute atomic E-state index is 12.3. The third-order valence-corrected chi connectivity index (χ3v) is 4.72. The predicted molar refractivity (Wildman–Crippen MR) is 101 cm³/mol. The van der Waals surface area contributed by atoms with E-state index in [-0.39, 0.29) is 16.8 Å². The largest absolute Gasteiger partial charge is 0.452 e. The smallest absolute Gasteiger partial charge is 0.343 e. The van der Waals surface area contributed by atoms with E-state index in [4.69, 9.17) is 16.3 Å². The Kier molecular flexibility index (Phi) is 7.65. The maximum Gasteiger partial charge on any atom is 0.343 e. The molecule has 1 aromatic rings. The monoisotopic (exact) mass is 398 g/mol. The lowest BCUT2D eigenvalue weighted by atomic mass is 9.96. The summed E-state index contributed by atoms with van der Waals surface area (Å²) in [6.07, 6.45) is 5.14. The number of amides is 3. The fourth-order valence-corrected chi connectivity index (χ4v) is 3.41. The van der Waals surface area contributed by atoms with Crippen molar-refractivity contribution >= 4 is 29.5 Å². The van der Waals surface area contributed by atoms with Gasteiger partial charge >= 0.3 is 12.0 Å². The summed E-state index contributed by atoms with van der Waals surface area (Å²) >= 11 is 6.21. The molecule has 1 aliphatic rings. The van der Waals surface area contributed by atoms with Crippen molar-refractivity contribution in [1.82, 2.24) is 20.4 Å². The highest BCUT2D eigenvalue weighted by Crippen LogP contribution is 2.22. The van der Waals surface area contributed by atoms with E-state index in [2.05, 4.69) is 15.7 Å². The van der Waals surface area contributed by atoms with E-state index >= 15 is 0 Å². The molecule has 0 unspecified atom stereocenters. The van der Waals surface area contributed by atoms with Crippen molar-refractivity contribution in [2.75, 3.05) is 6.61 Å². The number of ether oxygens (including phenoxy) is 1. The molecule has 0 radical (unpaired) electrons. The lowest BCUT2D eigenvalue weighted by molar-refractivity contribution is -0.123. The minimum absolute atomic E-state index is 0.0855. The highest BCUT2D eigenvalue weighted by atomic mass is 35.5. The fraction of sp³-hybridized carbons (Fsp3) is 0.667. The first-order chi connectivity index (χ1) is 12.8. The molecule has 2 rings (SSSR count). The predicted octanol–water partition coefficient (Wildman–Crippen LogP) is 2.82. The van der Waals surface area contributed by atoms with Crippen LogP contribution in [0.25, 0.3) is 0 Å². The first-order valence-electron chi connectivity index (χ1n) is 9.28. The first-order valence-corrected chi connectivity index (χ1v) is 9.66. The molecule has 0 bridgehead atoms. The van der Waals surface area contributed by atoms with Gasteiger partial charge in [0, 0.05) is 12.6 Å². The van der Waals surface area contributed by atoms with Crippen LogP contribution in [-0.2, 0) is 16.1 Å². The molecule has 8 nitrogen and oxygen atoms in total. The molecule has 150 valence electrons. The number of aryl methyl sites for hydroxylation is 1. The van der Waals surface area contributed by atoms with Gasteiger partial charge in [0.2, 0.25) is 0 Å². The number of imide groups is 1. The number of hydrogen-bond acceptors (Lipinski definition) is 5. The van der Waals surface area contributed by atoms with Crippen molar-refractivity contribution in [1.29, 1.82) is 0 Å². The van der Waals surface area contributed by atoms with E-state index in [1.54, 1.807) is 6.92 Å². The zero-order valence-corrected chi connectivity index (χ0v) is 16.8. The summed E-state index contributed by atoms with van der Waals surface area (Å²) < 4.78 is 6.53. The van der Waals surface area contributed by atoms with Gasteiger partial charge in [-0.2, -0.15) is 5.10 Å². The molecule has 1 heterocycles. The van der Waals surface area contributed by atoms with E-state index in [0.29, 0.717) is 18.2 Å². The summed E-state index contributed by atoms with van der Waals surface area (Å²) in [5, 5.41) is 9.35. The van der Waals surface area contributed by atoms with Crippen LogP contribution in [0, 0.1) is 12.8 Å². The Morgan fingerprint density at radius 1 is 1.26 bits per heavy atom. The number of carbonyl (C=O) groups excluding carboxylic acids is 3. The van der Waals surface area contributed by atoms with Crippen LogP contribution in [0.5, 0.6) is 0 Å². The molecule has 0 aromatic carbocycles. The quantitative estimate of drug-likeness (QED) is 0.717. The van der Waals surface area contributed by atoms with Crippen LogP contribution in [0.1, 0.15) is 62.0 Å². The second kappa shape index (κ2) is 9.73. The maximum atomic E-state index is 12.3. The molecule has 0 atom stereocenters. The van der Waals surface area contributed by atoms with Crippen molar-refractivity contribution in [2.24, 2.45) is 5.92 Å². The third kappa shape index (κ3) is 6.23. The lowest BCUT2D eigenvalue weighted by Gasteiger charge is -2.22. The first kappa shape index (κ1) is 21.2. The van der Waals surface area contributed by atoms with Crippen LogP contribution in [-0.4, -0.2) is 40.3 Å². The summed E-state index contributed by atoms with van der Waals surface area (Å²) in [6.45, 7) is 5.66. The number of urea groups is 1. The van der Waals surface area contributed by atoms with Gasteiger partial charge in [-0.1, -0.05) is 44.7 Å². The molecule has 27 heavy (non-hydrogen) atoms. The minimum Gasteiger partial charge on any atom is -0.452 e. The molecule has 0 aliphatic heterocycles. The van der Waals surface area contributed by atoms with Crippen molar-refractivity contribution < 1.29 is 19.1 Å². The fourth-order valence-electron chi connectivity index (χ4n) is 3.09. The molecule has 1 aromatic heterocycles. The van der Waals surface area contributed by atoms with E-state index < -0.39 is 24.5 Å². The lowest BCUT2D eigenvalue weighted by Crippen LogP contribution is -2.46. The standard InChI is InChI=1S/C18H27ClN4O4/c1-11(2)9-23-16(19)15(12(3)22-23)17(25)27-10-14(24)21-18(26)20-13-7-5-4-6-8-13/h11,13H,4-10H2,1-3H3,(H2,20,21,24,26). The number of rotatable bonds is 6. The molecule has 2 N–H and O–H groups in total. The van der Waals surface area contributed by atoms with Gasteiger partial charge in [0.25, 0.3) is 5.91 Å². The Balaban J connectivity index is 1.83. The van der Waals surface area contributed by atoms with Crippen LogP contribution < -0.4 is 10.6 Å². The van der Waals surface area contributed by atoms with Gasteiger partial charge in [-0.15, -0.1) is 0 Å². The molecule has 1 saturated carbocycles. The molecular formula is C18H27ClN4O4. The van der Waals surface area contributed by atoms with Crippen LogP contribution in [0.4, 0.5) is 4.79 Å². The van der Waals surface area contributed by atoms with E-state index in [9.17, 15) is 14.4 Å². The molecule has 1 aliphatic carbocycles. The average Bonchev–Trinajstić information content (AvgIpc) is 2.86. The highest BCUT2D eigenvalue weighted by Gasteiger charge is 2.23. The van der Waals surface area contributed by atoms with Gasteiger partial charge in [-0.3, -0.25) is 14.8 Å². The molecule has 3 amide bonds. The molecule has 9 heteroatoms. The van der Waals surface area contributed by atoms with E-state index in [1.165, 1.54) is 11.1 Å². The topological polar surface area (TPSA) is 102 Å². The Bertz CT molecular complexity index is 696. The summed E-state index contributed by atoms with van der Waals surface area (Å²) in [5.74, 6) is -1.13. The number of carbonyl (C=O) groups is 3. The van der Waals surface area contributed by atoms with Gasteiger partial charge in [0.1, 0.15) is 10.7 Å². The zero-order chi connectivity index (χ0) is 20.0. The van der Waals surface area contributed by atoms with Crippen molar-refractivity contribution in [3.63, 3.8) is 0 Å².